The monoisotopic (exact) mass is 261 g/mol. The lowest BCUT2D eigenvalue weighted by Crippen LogP contribution is -2.09. The first kappa shape index (κ1) is 14.1. The highest BCUT2D eigenvalue weighted by Gasteiger charge is 2.05. The zero-order chi connectivity index (χ0) is 14.4. The summed E-state index contributed by atoms with van der Waals surface area (Å²) in [6.07, 6.45) is 1.91. The SMILES string of the molecule is CC(C)(C)N=Cc1ccccc1C#Cc1ccccc1. The van der Waals surface area contributed by atoms with E-state index in [9.17, 15) is 0 Å². The summed E-state index contributed by atoms with van der Waals surface area (Å²) in [5, 5.41) is 0. The van der Waals surface area contributed by atoms with Crippen molar-refractivity contribution in [1.29, 1.82) is 0 Å². The molecule has 0 aliphatic heterocycles. The average Bonchev–Trinajstić information content (AvgIpc) is 2.44. The molecule has 0 bridgehead atoms. The molecular formula is C19H19N. The van der Waals surface area contributed by atoms with Crippen LogP contribution in [0.25, 0.3) is 0 Å². The molecule has 0 amide bonds. The van der Waals surface area contributed by atoms with Crippen LogP contribution in [-0.4, -0.2) is 11.8 Å². The minimum Gasteiger partial charge on any atom is -0.287 e. The standard InChI is InChI=1S/C19H19N/c1-19(2,3)20-15-18-12-8-7-11-17(18)14-13-16-9-5-4-6-10-16/h4-12,15H,1-3H3. The Balaban J connectivity index is 2.30. The first-order chi connectivity index (χ1) is 9.54. The van der Waals surface area contributed by atoms with Crippen molar-refractivity contribution >= 4 is 6.21 Å². The molecule has 0 heterocycles. The summed E-state index contributed by atoms with van der Waals surface area (Å²) in [6.45, 7) is 6.26. The normalized spacial score (nSPS) is 11.2. The number of nitrogens with zero attached hydrogens (tertiary/aromatic N) is 1. The Morgan fingerprint density at radius 1 is 0.850 bits per heavy atom. The second kappa shape index (κ2) is 6.21. The van der Waals surface area contributed by atoms with E-state index in [1.807, 2.05) is 60.8 Å². The number of hydrogen-bond acceptors (Lipinski definition) is 1. The summed E-state index contributed by atoms with van der Waals surface area (Å²) < 4.78 is 0. The van der Waals surface area contributed by atoms with Crippen molar-refractivity contribution in [2.45, 2.75) is 26.3 Å². The molecule has 0 N–H and O–H groups in total. The van der Waals surface area contributed by atoms with Crippen LogP contribution in [0.3, 0.4) is 0 Å². The van der Waals surface area contributed by atoms with Crippen LogP contribution in [0.15, 0.2) is 59.6 Å². The predicted molar refractivity (Wildman–Crippen MR) is 86.2 cm³/mol. The second-order valence-electron chi connectivity index (χ2n) is 5.63. The fourth-order valence-electron chi connectivity index (χ4n) is 1.65. The largest absolute Gasteiger partial charge is 0.287 e. The van der Waals surface area contributed by atoms with E-state index in [-0.39, 0.29) is 5.54 Å². The number of aliphatic imine (C=N–C) groups is 1. The Morgan fingerprint density at radius 3 is 2.20 bits per heavy atom. The smallest absolute Gasteiger partial charge is 0.0524 e. The van der Waals surface area contributed by atoms with Gasteiger partial charge in [0.2, 0.25) is 0 Å². The molecule has 100 valence electrons. The lowest BCUT2D eigenvalue weighted by Gasteiger charge is -2.11. The van der Waals surface area contributed by atoms with Gasteiger partial charge in [-0.2, -0.15) is 0 Å². The molecule has 2 aromatic rings. The lowest BCUT2D eigenvalue weighted by molar-refractivity contribution is 0.586. The molecule has 0 spiro atoms. The Hall–Kier alpha value is -2.33. The van der Waals surface area contributed by atoms with E-state index in [2.05, 4.69) is 37.6 Å². The van der Waals surface area contributed by atoms with Gasteiger partial charge >= 0.3 is 0 Å². The van der Waals surface area contributed by atoms with Crippen LogP contribution in [0, 0.1) is 11.8 Å². The number of hydrogen-bond donors (Lipinski definition) is 0. The van der Waals surface area contributed by atoms with Crippen molar-refractivity contribution in [1.82, 2.24) is 0 Å². The molecule has 2 aromatic carbocycles. The van der Waals surface area contributed by atoms with Crippen LogP contribution in [0.1, 0.15) is 37.5 Å². The molecule has 2 rings (SSSR count). The van der Waals surface area contributed by atoms with Gasteiger partial charge in [0.05, 0.1) is 5.54 Å². The molecule has 0 aliphatic rings. The highest BCUT2D eigenvalue weighted by atomic mass is 14.8. The first-order valence-corrected chi connectivity index (χ1v) is 6.76. The van der Waals surface area contributed by atoms with Gasteiger partial charge in [-0.3, -0.25) is 4.99 Å². The van der Waals surface area contributed by atoms with E-state index in [1.54, 1.807) is 0 Å². The third-order valence-corrected chi connectivity index (χ3v) is 2.67. The van der Waals surface area contributed by atoms with E-state index in [1.165, 1.54) is 0 Å². The van der Waals surface area contributed by atoms with E-state index in [0.717, 1.165) is 16.7 Å². The third-order valence-electron chi connectivity index (χ3n) is 2.67. The van der Waals surface area contributed by atoms with Crippen LogP contribution in [0.2, 0.25) is 0 Å². The zero-order valence-electron chi connectivity index (χ0n) is 12.2. The van der Waals surface area contributed by atoms with E-state index < -0.39 is 0 Å². The van der Waals surface area contributed by atoms with Crippen molar-refractivity contribution in [3.63, 3.8) is 0 Å². The van der Waals surface area contributed by atoms with Crippen LogP contribution in [-0.2, 0) is 0 Å². The molecule has 1 nitrogen and oxygen atoms in total. The molecule has 0 atom stereocenters. The van der Waals surface area contributed by atoms with Crippen LogP contribution in [0.4, 0.5) is 0 Å². The van der Waals surface area contributed by atoms with Gasteiger partial charge in [-0.25, -0.2) is 0 Å². The predicted octanol–water partition coefficient (Wildman–Crippen LogP) is 4.30. The minimum absolute atomic E-state index is 0.0695. The highest BCUT2D eigenvalue weighted by Crippen LogP contribution is 2.10. The summed E-state index contributed by atoms with van der Waals surface area (Å²) in [7, 11) is 0. The summed E-state index contributed by atoms with van der Waals surface area (Å²) in [5.41, 5.74) is 3.02. The van der Waals surface area contributed by atoms with Gasteiger partial charge in [0.25, 0.3) is 0 Å². The van der Waals surface area contributed by atoms with Crippen LogP contribution < -0.4 is 0 Å². The maximum absolute atomic E-state index is 4.55. The third kappa shape index (κ3) is 4.40. The molecule has 1 heteroatoms. The Kier molecular flexibility index (Phi) is 4.38. The van der Waals surface area contributed by atoms with Gasteiger partial charge in [0, 0.05) is 22.9 Å². The maximum Gasteiger partial charge on any atom is 0.0524 e. The Morgan fingerprint density at radius 2 is 1.50 bits per heavy atom. The van der Waals surface area contributed by atoms with E-state index in [0.29, 0.717) is 0 Å². The summed E-state index contributed by atoms with van der Waals surface area (Å²) in [5.74, 6) is 6.41. The first-order valence-electron chi connectivity index (χ1n) is 6.76. The average molecular weight is 261 g/mol. The van der Waals surface area contributed by atoms with Crippen molar-refractivity contribution < 1.29 is 0 Å². The number of rotatable bonds is 1. The summed E-state index contributed by atoms with van der Waals surface area (Å²) in [6, 6.07) is 18.1. The highest BCUT2D eigenvalue weighted by molar-refractivity contribution is 5.83. The van der Waals surface area contributed by atoms with Gasteiger partial charge in [0.15, 0.2) is 0 Å². The molecular weight excluding hydrogens is 242 g/mol. The van der Waals surface area contributed by atoms with Gasteiger partial charge in [-0.1, -0.05) is 48.2 Å². The Bertz CT molecular complexity index is 649. The molecule has 0 radical (unpaired) electrons. The molecule has 0 aliphatic carbocycles. The number of benzene rings is 2. The van der Waals surface area contributed by atoms with E-state index >= 15 is 0 Å². The fourth-order valence-corrected chi connectivity index (χ4v) is 1.65. The maximum atomic E-state index is 4.55. The van der Waals surface area contributed by atoms with Crippen molar-refractivity contribution in [3.05, 3.63) is 71.3 Å². The van der Waals surface area contributed by atoms with E-state index in [4.69, 9.17) is 0 Å². The molecule has 0 saturated heterocycles. The second-order valence-corrected chi connectivity index (χ2v) is 5.63. The lowest BCUT2D eigenvalue weighted by atomic mass is 10.1. The minimum atomic E-state index is -0.0695. The topological polar surface area (TPSA) is 12.4 Å². The van der Waals surface area contributed by atoms with Crippen LogP contribution >= 0.6 is 0 Å². The van der Waals surface area contributed by atoms with Crippen molar-refractivity contribution in [3.8, 4) is 11.8 Å². The van der Waals surface area contributed by atoms with Crippen LogP contribution in [0.5, 0.6) is 0 Å². The molecule has 0 aromatic heterocycles. The quantitative estimate of drug-likeness (QED) is 0.536. The van der Waals surface area contributed by atoms with Gasteiger partial charge in [-0.15, -0.1) is 0 Å². The van der Waals surface area contributed by atoms with Gasteiger partial charge in [0.1, 0.15) is 0 Å². The fraction of sp³-hybridized carbons (Fsp3) is 0.211. The molecule has 20 heavy (non-hydrogen) atoms. The van der Waals surface area contributed by atoms with Gasteiger partial charge in [-0.05, 0) is 39.0 Å². The summed E-state index contributed by atoms with van der Waals surface area (Å²) in [4.78, 5) is 4.55. The molecule has 0 unspecified atom stereocenters. The molecule has 0 fully saturated rings. The van der Waals surface area contributed by atoms with Crippen molar-refractivity contribution in [2.75, 3.05) is 0 Å². The Labute approximate surface area is 121 Å². The van der Waals surface area contributed by atoms with Gasteiger partial charge < -0.3 is 0 Å². The molecule has 0 saturated carbocycles. The summed E-state index contributed by atoms with van der Waals surface area (Å²) >= 11 is 0. The van der Waals surface area contributed by atoms with Crippen molar-refractivity contribution in [2.24, 2.45) is 4.99 Å². The zero-order valence-corrected chi connectivity index (χ0v) is 12.2.